The number of nitrogens with zero attached hydrogens (tertiary/aromatic N) is 4. The molecule has 10 heteroatoms. The third-order valence-electron chi connectivity index (χ3n) is 6.45. The highest BCUT2D eigenvalue weighted by Gasteiger charge is 2.35. The van der Waals surface area contributed by atoms with Crippen LogP contribution in [-0.2, 0) is 23.3 Å². The molecule has 36 heavy (non-hydrogen) atoms. The van der Waals surface area contributed by atoms with Crippen molar-refractivity contribution in [3.8, 4) is 0 Å². The number of halogens is 3. The number of benzene rings is 2. The van der Waals surface area contributed by atoms with Crippen LogP contribution in [0.4, 0.5) is 13.2 Å². The van der Waals surface area contributed by atoms with Gasteiger partial charge in [0.05, 0.1) is 10.7 Å². The van der Waals surface area contributed by atoms with E-state index in [4.69, 9.17) is 4.98 Å². The minimum absolute atomic E-state index is 0.181. The lowest BCUT2D eigenvalue weighted by Gasteiger charge is -2.31. The highest BCUT2D eigenvalue weighted by Crippen LogP contribution is 2.34. The molecule has 0 unspecified atom stereocenters. The molecule has 3 heterocycles. The number of hydrogen-bond acceptors (Lipinski definition) is 5. The molecule has 0 aliphatic carbocycles. The van der Waals surface area contributed by atoms with Gasteiger partial charge in [0.2, 0.25) is 5.91 Å². The molecular weight excluding hydrogens is 505 g/mol. The number of rotatable bonds is 6. The summed E-state index contributed by atoms with van der Waals surface area (Å²) in [6.45, 7) is 2.48. The lowest BCUT2D eigenvalue weighted by molar-refractivity contribution is -0.142. The van der Waals surface area contributed by atoms with Crippen molar-refractivity contribution in [3.05, 3.63) is 76.0 Å². The topological polar surface area (TPSA) is 51.0 Å². The Balaban J connectivity index is 1.15. The largest absolute Gasteiger partial charge is 0.435 e. The van der Waals surface area contributed by atoms with Gasteiger partial charge in [0.15, 0.2) is 5.69 Å². The average Bonchev–Trinajstić information content (AvgIpc) is 3.49. The van der Waals surface area contributed by atoms with Gasteiger partial charge in [-0.15, -0.1) is 23.1 Å². The van der Waals surface area contributed by atoms with Crippen molar-refractivity contribution < 1.29 is 18.0 Å². The van der Waals surface area contributed by atoms with E-state index < -0.39 is 11.9 Å². The van der Waals surface area contributed by atoms with Crippen LogP contribution in [0.3, 0.4) is 0 Å². The Morgan fingerprint density at radius 1 is 1.14 bits per heavy atom. The van der Waals surface area contributed by atoms with Gasteiger partial charge in [0.25, 0.3) is 0 Å². The molecule has 1 aliphatic rings. The van der Waals surface area contributed by atoms with Gasteiger partial charge in [0.1, 0.15) is 6.54 Å². The number of aromatic nitrogens is 3. The minimum atomic E-state index is -4.52. The van der Waals surface area contributed by atoms with E-state index in [1.54, 1.807) is 28.0 Å². The highest BCUT2D eigenvalue weighted by atomic mass is 32.2. The molecule has 1 saturated heterocycles. The van der Waals surface area contributed by atoms with Crippen LogP contribution in [-0.4, -0.2) is 38.7 Å². The zero-order valence-corrected chi connectivity index (χ0v) is 21.3. The van der Waals surface area contributed by atoms with Crippen molar-refractivity contribution in [1.29, 1.82) is 0 Å². The summed E-state index contributed by atoms with van der Waals surface area (Å²) in [4.78, 5) is 20.5. The van der Waals surface area contributed by atoms with Crippen LogP contribution in [0.5, 0.6) is 0 Å². The lowest BCUT2D eigenvalue weighted by atomic mass is 9.97. The number of thioether (sulfide) groups is 1. The quantitative estimate of drug-likeness (QED) is 0.267. The van der Waals surface area contributed by atoms with Crippen molar-refractivity contribution in [1.82, 2.24) is 19.7 Å². The van der Waals surface area contributed by atoms with Crippen LogP contribution in [0, 0.1) is 6.92 Å². The van der Waals surface area contributed by atoms with Gasteiger partial charge in [-0.1, -0.05) is 36.4 Å². The zero-order valence-electron chi connectivity index (χ0n) is 19.7. The first kappa shape index (κ1) is 24.8. The number of thiazole rings is 1. The molecule has 0 spiro atoms. The number of fused-ring (bicyclic) bond motifs is 1. The fourth-order valence-corrected chi connectivity index (χ4v) is 6.53. The van der Waals surface area contributed by atoms with Gasteiger partial charge >= 0.3 is 6.18 Å². The number of aryl methyl sites for hydroxylation is 1. The van der Waals surface area contributed by atoms with E-state index in [1.807, 2.05) is 6.07 Å². The molecule has 5 rings (SSSR count). The van der Waals surface area contributed by atoms with E-state index >= 15 is 0 Å². The van der Waals surface area contributed by atoms with E-state index in [-0.39, 0.29) is 12.5 Å². The fourth-order valence-electron chi connectivity index (χ4n) is 4.46. The molecule has 2 aromatic carbocycles. The number of hydrogen-bond donors (Lipinski definition) is 0. The van der Waals surface area contributed by atoms with E-state index in [0.717, 1.165) is 40.0 Å². The summed E-state index contributed by atoms with van der Waals surface area (Å²) in [6, 6.07) is 15.7. The Morgan fingerprint density at radius 2 is 1.89 bits per heavy atom. The van der Waals surface area contributed by atoms with E-state index in [2.05, 4.69) is 46.9 Å². The summed E-state index contributed by atoms with van der Waals surface area (Å²) in [5.74, 6) is 0.878. The first-order valence-corrected chi connectivity index (χ1v) is 13.6. The summed E-state index contributed by atoms with van der Waals surface area (Å²) in [5, 5.41) is 9.25. The SMILES string of the molecule is Cc1cc(C(F)(F)F)nn1CC(=O)N1CCC(c2nc(CSc3cccc4ccccc34)cs2)CC1. The monoisotopic (exact) mass is 530 g/mol. The number of carbonyl (C=O) groups excluding carboxylic acids is 1. The van der Waals surface area contributed by atoms with Gasteiger partial charge in [-0.25, -0.2) is 4.98 Å². The van der Waals surface area contributed by atoms with Crippen molar-refractivity contribution in [2.75, 3.05) is 13.1 Å². The van der Waals surface area contributed by atoms with Crippen molar-refractivity contribution >= 4 is 39.8 Å². The Kier molecular flexibility index (Phi) is 7.07. The first-order valence-electron chi connectivity index (χ1n) is 11.7. The van der Waals surface area contributed by atoms with E-state index in [9.17, 15) is 18.0 Å². The second-order valence-electron chi connectivity index (χ2n) is 8.92. The Labute approximate surface area is 215 Å². The van der Waals surface area contributed by atoms with Crippen LogP contribution in [0.25, 0.3) is 10.8 Å². The predicted molar refractivity (Wildman–Crippen MR) is 136 cm³/mol. The molecule has 188 valence electrons. The molecule has 0 radical (unpaired) electrons. The summed E-state index contributed by atoms with van der Waals surface area (Å²) in [5.41, 5.74) is 0.410. The molecule has 2 aromatic heterocycles. The molecular formula is C26H25F3N4OS2. The van der Waals surface area contributed by atoms with Crippen molar-refractivity contribution in [2.45, 2.75) is 49.1 Å². The van der Waals surface area contributed by atoms with Gasteiger partial charge in [-0.05, 0) is 42.7 Å². The molecule has 0 bridgehead atoms. The second-order valence-corrected chi connectivity index (χ2v) is 10.8. The maximum atomic E-state index is 12.9. The first-order chi connectivity index (χ1) is 17.3. The van der Waals surface area contributed by atoms with Gasteiger partial charge in [-0.3, -0.25) is 9.48 Å². The maximum Gasteiger partial charge on any atom is 0.435 e. The van der Waals surface area contributed by atoms with E-state index in [0.29, 0.717) is 24.7 Å². The molecule has 0 N–H and O–H groups in total. The maximum absolute atomic E-state index is 12.9. The number of piperidine rings is 1. The lowest BCUT2D eigenvalue weighted by Crippen LogP contribution is -2.40. The van der Waals surface area contributed by atoms with Gasteiger partial charge < -0.3 is 4.90 Å². The van der Waals surface area contributed by atoms with Gasteiger partial charge in [0, 0.05) is 40.7 Å². The van der Waals surface area contributed by atoms with Crippen LogP contribution >= 0.6 is 23.1 Å². The predicted octanol–water partition coefficient (Wildman–Crippen LogP) is 6.52. The van der Waals surface area contributed by atoms with Crippen LogP contribution in [0.2, 0.25) is 0 Å². The highest BCUT2D eigenvalue weighted by molar-refractivity contribution is 7.98. The third kappa shape index (κ3) is 5.44. The van der Waals surface area contributed by atoms with Crippen LogP contribution in [0.1, 0.15) is 40.8 Å². The zero-order chi connectivity index (χ0) is 25.3. The molecule has 1 amide bonds. The second kappa shape index (κ2) is 10.3. The molecule has 4 aromatic rings. The fraction of sp³-hybridized carbons (Fsp3) is 0.346. The molecule has 0 saturated carbocycles. The Morgan fingerprint density at radius 3 is 2.64 bits per heavy atom. The van der Waals surface area contributed by atoms with Crippen molar-refractivity contribution in [3.63, 3.8) is 0 Å². The standard InChI is InChI=1S/C26H25F3N4OS2/c1-17-13-23(26(27,28)29)31-33(17)14-24(34)32-11-9-19(10-12-32)25-30-20(16-36-25)15-35-22-8-4-6-18-5-2-3-7-21(18)22/h2-8,13,16,19H,9-12,14-15H2,1H3. The summed E-state index contributed by atoms with van der Waals surface area (Å²) >= 11 is 3.45. The summed E-state index contributed by atoms with van der Waals surface area (Å²) in [6.07, 6.45) is -2.93. The Bertz CT molecular complexity index is 1370. The number of alkyl halides is 3. The van der Waals surface area contributed by atoms with Crippen LogP contribution in [0.15, 0.2) is 58.8 Å². The van der Waals surface area contributed by atoms with E-state index in [1.165, 1.54) is 22.6 Å². The summed E-state index contributed by atoms with van der Waals surface area (Å²) in [7, 11) is 0. The number of amides is 1. The number of likely N-dealkylation sites (tertiary alicyclic amines) is 1. The van der Waals surface area contributed by atoms with Crippen LogP contribution < -0.4 is 0 Å². The third-order valence-corrected chi connectivity index (χ3v) is 8.61. The minimum Gasteiger partial charge on any atom is -0.341 e. The average molecular weight is 531 g/mol. The molecule has 5 nitrogen and oxygen atoms in total. The molecule has 0 atom stereocenters. The Hall–Kier alpha value is -2.85. The smallest absolute Gasteiger partial charge is 0.341 e. The molecule has 1 fully saturated rings. The van der Waals surface area contributed by atoms with Crippen molar-refractivity contribution in [2.24, 2.45) is 0 Å². The normalized spacial score (nSPS) is 15.1. The number of carbonyl (C=O) groups is 1. The van der Waals surface area contributed by atoms with Gasteiger partial charge in [-0.2, -0.15) is 18.3 Å². The molecule has 1 aliphatic heterocycles. The summed E-state index contributed by atoms with van der Waals surface area (Å²) < 4.78 is 39.8.